The zero-order valence-electron chi connectivity index (χ0n) is 10.0. The molecule has 0 saturated carbocycles. The first-order valence-corrected chi connectivity index (χ1v) is 6.86. The van der Waals surface area contributed by atoms with E-state index in [4.69, 9.17) is 5.11 Å². The van der Waals surface area contributed by atoms with Gasteiger partial charge < -0.3 is 9.84 Å². The number of amidine groups is 1. The van der Waals surface area contributed by atoms with Gasteiger partial charge in [0.2, 0.25) is 0 Å². The number of methoxy groups -OCH3 is 1. The number of fused-ring (bicyclic) bond motifs is 1. The molecular weight excluding hydrogens is 272 g/mol. The summed E-state index contributed by atoms with van der Waals surface area (Å²) >= 11 is 0. The number of esters is 1. The summed E-state index contributed by atoms with van der Waals surface area (Å²) in [6.45, 7) is -0.569. The second kappa shape index (κ2) is 4.98. The van der Waals surface area contributed by atoms with E-state index < -0.39 is 28.6 Å². The summed E-state index contributed by atoms with van der Waals surface area (Å²) < 4.78 is 30.3. The number of benzene rings is 1. The monoisotopic (exact) mass is 284 g/mol. The number of rotatable bonds is 3. The molecule has 0 amide bonds. The van der Waals surface area contributed by atoms with Crippen molar-refractivity contribution >= 4 is 21.8 Å². The number of nitrogens with zero attached hydrogens (tertiary/aromatic N) is 1. The number of ether oxygens (including phenoxy) is 1. The van der Waals surface area contributed by atoms with E-state index in [-0.39, 0.29) is 10.7 Å². The van der Waals surface area contributed by atoms with E-state index in [2.05, 4.69) is 14.5 Å². The van der Waals surface area contributed by atoms with Crippen LogP contribution in [0.4, 0.5) is 0 Å². The topological polar surface area (TPSA) is 105 Å². The maximum absolute atomic E-state index is 11.8. The fourth-order valence-corrected chi connectivity index (χ4v) is 2.93. The van der Waals surface area contributed by atoms with Crippen molar-refractivity contribution < 1.29 is 23.1 Å². The third kappa shape index (κ3) is 2.45. The molecule has 8 heteroatoms. The predicted molar refractivity (Wildman–Crippen MR) is 66.2 cm³/mol. The van der Waals surface area contributed by atoms with Gasteiger partial charge in [0.05, 0.1) is 18.6 Å². The van der Waals surface area contributed by atoms with Gasteiger partial charge in [-0.05, 0) is 12.1 Å². The van der Waals surface area contributed by atoms with Crippen LogP contribution in [0.2, 0.25) is 0 Å². The second-order valence-corrected chi connectivity index (χ2v) is 5.45. The molecule has 0 radical (unpaired) electrons. The van der Waals surface area contributed by atoms with Gasteiger partial charge in [0.15, 0.2) is 6.04 Å². The molecule has 0 spiro atoms. The quantitative estimate of drug-likeness (QED) is 0.711. The Morgan fingerprint density at radius 2 is 2.16 bits per heavy atom. The zero-order valence-corrected chi connectivity index (χ0v) is 10.8. The average Bonchev–Trinajstić information content (AvgIpc) is 2.67. The highest BCUT2D eigenvalue weighted by Gasteiger charge is 2.31. The Kier molecular flexibility index (Phi) is 3.54. The molecule has 0 fully saturated rings. The Hall–Kier alpha value is -1.93. The first kappa shape index (κ1) is 13.5. The van der Waals surface area contributed by atoms with Crippen molar-refractivity contribution in [3.05, 3.63) is 29.8 Å². The third-order valence-electron chi connectivity index (χ3n) is 2.59. The van der Waals surface area contributed by atoms with Crippen molar-refractivity contribution in [2.45, 2.75) is 10.9 Å². The smallest absolute Gasteiger partial charge is 0.333 e. The van der Waals surface area contributed by atoms with Crippen molar-refractivity contribution in [1.29, 1.82) is 0 Å². The molecule has 1 aromatic rings. The standard InChI is InChI=1S/C11H12N2O5S/c1-18-11(15)8(6-14)12-10-7-4-2-3-5-9(7)19(16,17)13-10/h2-5,8,14H,6H2,1H3,(H,12,13). The molecule has 0 bridgehead atoms. The second-order valence-electron chi connectivity index (χ2n) is 3.80. The minimum Gasteiger partial charge on any atom is -0.467 e. The van der Waals surface area contributed by atoms with Gasteiger partial charge in [0.1, 0.15) is 5.84 Å². The molecule has 0 saturated heterocycles. The van der Waals surface area contributed by atoms with E-state index in [1.807, 2.05) is 0 Å². The molecule has 1 aromatic carbocycles. The molecule has 2 N–H and O–H groups in total. The number of aliphatic hydroxyl groups is 1. The van der Waals surface area contributed by atoms with Crippen LogP contribution in [0.15, 0.2) is 34.2 Å². The minimum absolute atomic E-state index is 0.0278. The zero-order chi connectivity index (χ0) is 14.0. The van der Waals surface area contributed by atoms with Gasteiger partial charge in [-0.1, -0.05) is 12.1 Å². The van der Waals surface area contributed by atoms with Crippen LogP contribution in [0.25, 0.3) is 0 Å². The summed E-state index contributed by atoms with van der Waals surface area (Å²) in [6.07, 6.45) is 0. The molecule has 1 aliphatic heterocycles. The molecule has 19 heavy (non-hydrogen) atoms. The Morgan fingerprint density at radius 3 is 2.79 bits per heavy atom. The van der Waals surface area contributed by atoms with Crippen LogP contribution in [-0.2, 0) is 19.6 Å². The van der Waals surface area contributed by atoms with Crippen LogP contribution in [0.5, 0.6) is 0 Å². The van der Waals surface area contributed by atoms with Crippen molar-refractivity contribution in [2.24, 2.45) is 4.99 Å². The summed E-state index contributed by atoms with van der Waals surface area (Å²) in [4.78, 5) is 15.3. The van der Waals surface area contributed by atoms with Crippen LogP contribution >= 0.6 is 0 Å². The molecule has 102 valence electrons. The van der Waals surface area contributed by atoms with E-state index in [0.717, 1.165) is 7.11 Å². The Balaban J connectivity index is 2.46. The summed E-state index contributed by atoms with van der Waals surface area (Å²) in [6, 6.07) is 5.09. The number of carbonyl (C=O) groups is 1. The highest BCUT2D eigenvalue weighted by atomic mass is 32.2. The number of aliphatic imine (C=N–C) groups is 1. The summed E-state index contributed by atoms with van der Waals surface area (Å²) in [7, 11) is -2.49. The third-order valence-corrected chi connectivity index (χ3v) is 3.99. The van der Waals surface area contributed by atoms with E-state index in [1.54, 1.807) is 18.2 Å². The normalized spacial score (nSPS) is 19.6. The van der Waals surface area contributed by atoms with Crippen LogP contribution in [-0.4, -0.2) is 45.1 Å². The summed E-state index contributed by atoms with van der Waals surface area (Å²) in [5.41, 5.74) is 0.366. The Labute approximate surface area is 110 Å². The van der Waals surface area contributed by atoms with Crippen molar-refractivity contribution in [3.8, 4) is 0 Å². The number of nitrogens with one attached hydrogen (secondary N) is 1. The minimum atomic E-state index is -3.66. The van der Waals surface area contributed by atoms with Gasteiger partial charge in [0.25, 0.3) is 10.0 Å². The first-order valence-electron chi connectivity index (χ1n) is 5.38. The Bertz CT molecular complexity index is 638. The van der Waals surface area contributed by atoms with Gasteiger partial charge >= 0.3 is 5.97 Å². The SMILES string of the molecule is COC(=O)C(CO)N=C1NS(=O)(=O)c2ccccc21. The van der Waals surface area contributed by atoms with Gasteiger partial charge in [-0.3, -0.25) is 4.72 Å². The van der Waals surface area contributed by atoms with E-state index in [0.29, 0.717) is 5.56 Å². The maximum Gasteiger partial charge on any atom is 0.333 e. The van der Waals surface area contributed by atoms with E-state index in [9.17, 15) is 13.2 Å². The summed E-state index contributed by atoms with van der Waals surface area (Å²) in [5.74, 6) is -0.710. The molecule has 1 aliphatic rings. The lowest BCUT2D eigenvalue weighted by Crippen LogP contribution is -2.29. The number of sulfonamides is 1. The lowest BCUT2D eigenvalue weighted by atomic mass is 10.2. The molecule has 0 aromatic heterocycles. The lowest BCUT2D eigenvalue weighted by Gasteiger charge is -2.08. The van der Waals surface area contributed by atoms with Crippen LogP contribution in [0.1, 0.15) is 5.56 Å². The Morgan fingerprint density at radius 1 is 1.47 bits per heavy atom. The van der Waals surface area contributed by atoms with E-state index in [1.165, 1.54) is 6.07 Å². The first-order chi connectivity index (χ1) is 8.99. The van der Waals surface area contributed by atoms with Crippen LogP contribution in [0, 0.1) is 0 Å². The largest absolute Gasteiger partial charge is 0.467 e. The molecule has 1 heterocycles. The van der Waals surface area contributed by atoms with Crippen molar-refractivity contribution in [2.75, 3.05) is 13.7 Å². The highest BCUT2D eigenvalue weighted by Crippen LogP contribution is 2.22. The number of aliphatic hydroxyl groups excluding tert-OH is 1. The fraction of sp³-hybridized carbons (Fsp3) is 0.273. The van der Waals surface area contributed by atoms with Gasteiger partial charge in [-0.2, -0.15) is 0 Å². The molecule has 1 atom stereocenters. The van der Waals surface area contributed by atoms with Gasteiger partial charge in [0, 0.05) is 5.56 Å². The highest BCUT2D eigenvalue weighted by molar-refractivity contribution is 7.90. The summed E-state index contributed by atoms with van der Waals surface area (Å²) in [5, 5.41) is 9.08. The molecule has 7 nitrogen and oxygen atoms in total. The maximum atomic E-state index is 11.8. The van der Waals surface area contributed by atoms with Crippen LogP contribution in [0.3, 0.4) is 0 Å². The predicted octanol–water partition coefficient (Wildman–Crippen LogP) is -0.741. The number of hydrogen-bond acceptors (Lipinski definition) is 6. The molecule has 1 unspecified atom stereocenters. The molecule has 0 aliphatic carbocycles. The molecule has 2 rings (SSSR count). The van der Waals surface area contributed by atoms with Crippen molar-refractivity contribution in [3.63, 3.8) is 0 Å². The molecular formula is C11H12N2O5S. The van der Waals surface area contributed by atoms with Crippen LogP contribution < -0.4 is 4.72 Å². The van der Waals surface area contributed by atoms with Gasteiger partial charge in [-0.25, -0.2) is 18.2 Å². The average molecular weight is 284 g/mol. The number of hydrogen-bond donors (Lipinski definition) is 2. The van der Waals surface area contributed by atoms with Gasteiger partial charge in [-0.15, -0.1) is 0 Å². The van der Waals surface area contributed by atoms with E-state index >= 15 is 0 Å². The number of carbonyl (C=O) groups excluding carboxylic acids is 1. The fourth-order valence-electron chi connectivity index (χ4n) is 1.69. The lowest BCUT2D eigenvalue weighted by molar-refractivity contribution is -0.142. The van der Waals surface area contributed by atoms with Crippen molar-refractivity contribution in [1.82, 2.24) is 4.72 Å².